The van der Waals surface area contributed by atoms with Crippen LogP contribution in [0, 0.1) is 0 Å². The van der Waals surface area contributed by atoms with Gasteiger partial charge in [0.2, 0.25) is 8.32 Å². The van der Waals surface area contributed by atoms with Gasteiger partial charge in [-0.1, -0.05) is 6.07 Å². The van der Waals surface area contributed by atoms with Crippen LogP contribution in [0.4, 0.5) is 5.69 Å². The fourth-order valence-electron chi connectivity index (χ4n) is 3.23. The second kappa shape index (κ2) is 8.24. The molecule has 0 saturated carbocycles. The van der Waals surface area contributed by atoms with Gasteiger partial charge in [0, 0.05) is 18.3 Å². The minimum atomic E-state index is -1.77. The third-order valence-corrected chi connectivity index (χ3v) is 8.57. The van der Waals surface area contributed by atoms with Gasteiger partial charge in [0.15, 0.2) is 8.32 Å². The van der Waals surface area contributed by atoms with Gasteiger partial charge in [-0.15, -0.1) is 33.3 Å². The van der Waals surface area contributed by atoms with E-state index in [4.69, 9.17) is 8.85 Å². The topological polar surface area (TPSA) is 30.5 Å². The van der Waals surface area contributed by atoms with Gasteiger partial charge < -0.3 is 39.0 Å². The monoisotopic (exact) mass is 464 g/mol. The molecule has 1 N–H and O–H groups in total. The van der Waals surface area contributed by atoms with Crippen LogP contribution in [0.15, 0.2) is 18.2 Å². The van der Waals surface area contributed by atoms with Crippen molar-refractivity contribution in [2.24, 2.45) is 0 Å². The average molecular weight is 465 g/mol. The number of halogens is 2. The third kappa shape index (κ3) is 4.75. The average Bonchev–Trinajstić information content (AvgIpc) is 2.78. The van der Waals surface area contributed by atoms with E-state index >= 15 is 0 Å². The molecule has 0 amide bonds. The Bertz CT molecular complexity index is 784. The Morgan fingerprint density at radius 3 is 2.15 bits per heavy atom. The van der Waals surface area contributed by atoms with Gasteiger partial charge >= 0.3 is 21.7 Å². The molecular formula is C18H28Cl2NO2Si2Ti. The maximum atomic E-state index is 6.39. The van der Waals surface area contributed by atoms with Gasteiger partial charge in [-0.25, -0.2) is 0 Å². The Balaban J connectivity index is 0.00000208. The number of rotatable bonds is 4. The van der Waals surface area contributed by atoms with E-state index in [1.165, 1.54) is 21.1 Å². The van der Waals surface area contributed by atoms with Gasteiger partial charge in [0.1, 0.15) is 5.75 Å². The van der Waals surface area contributed by atoms with Crippen molar-refractivity contribution >= 4 is 43.5 Å². The van der Waals surface area contributed by atoms with E-state index in [0.717, 1.165) is 11.4 Å². The summed E-state index contributed by atoms with van der Waals surface area (Å²) in [5, 5.41) is 9.21. The van der Waals surface area contributed by atoms with Crippen molar-refractivity contribution in [3.05, 3.63) is 18.2 Å². The van der Waals surface area contributed by atoms with Crippen LogP contribution in [0.25, 0.3) is 10.8 Å². The number of nitrogens with one attached hydrogen (secondary N) is 1. The molecule has 1 heterocycles. The zero-order valence-corrected chi connectivity index (χ0v) is 21.9. The van der Waals surface area contributed by atoms with Crippen LogP contribution in [0.3, 0.4) is 0 Å². The Morgan fingerprint density at radius 1 is 1.12 bits per heavy atom. The first-order valence-corrected chi connectivity index (χ1v) is 14.1. The summed E-state index contributed by atoms with van der Waals surface area (Å²) in [7, 11) is -1.60. The zero-order valence-electron chi connectivity index (χ0n) is 16.8. The van der Waals surface area contributed by atoms with E-state index in [1.54, 1.807) is 0 Å². The molecule has 0 fully saturated rings. The van der Waals surface area contributed by atoms with Crippen LogP contribution in [-0.4, -0.2) is 29.3 Å². The Labute approximate surface area is 186 Å². The van der Waals surface area contributed by atoms with Crippen molar-refractivity contribution in [3.8, 4) is 5.75 Å². The fraction of sp³-hybridized carbons (Fsp3) is 0.500. The van der Waals surface area contributed by atoms with Crippen molar-refractivity contribution in [3.63, 3.8) is 0 Å². The van der Waals surface area contributed by atoms with Crippen molar-refractivity contribution in [1.82, 2.24) is 0 Å². The van der Waals surface area contributed by atoms with Crippen molar-refractivity contribution in [2.75, 3.05) is 12.4 Å². The molecule has 0 bridgehead atoms. The summed E-state index contributed by atoms with van der Waals surface area (Å²) in [6.07, 6.45) is 0. The number of hydrogen-bond donors (Lipinski definition) is 1. The molecule has 8 heteroatoms. The second-order valence-corrected chi connectivity index (χ2v) is 16.6. The van der Waals surface area contributed by atoms with E-state index in [1.807, 2.05) is 7.11 Å². The molecule has 2 aromatic carbocycles. The minimum Gasteiger partial charge on any atom is -1.00 e. The zero-order chi connectivity index (χ0) is 17.2. The van der Waals surface area contributed by atoms with Gasteiger partial charge in [-0.05, 0) is 47.0 Å². The fourth-order valence-corrected chi connectivity index (χ4v) is 7.15. The van der Waals surface area contributed by atoms with Gasteiger partial charge in [0.25, 0.3) is 0 Å². The van der Waals surface area contributed by atoms with Crippen molar-refractivity contribution in [2.45, 2.75) is 52.5 Å². The second-order valence-electron chi connectivity index (χ2n) is 8.66. The van der Waals surface area contributed by atoms with Crippen LogP contribution in [0.5, 0.6) is 5.75 Å². The van der Waals surface area contributed by atoms with Gasteiger partial charge in [-0.3, -0.25) is 0 Å². The van der Waals surface area contributed by atoms with Crippen LogP contribution in [0.2, 0.25) is 26.2 Å². The summed E-state index contributed by atoms with van der Waals surface area (Å²) >= 11 is 0. The molecule has 1 atom stereocenters. The summed E-state index contributed by atoms with van der Waals surface area (Å²) < 4.78 is 12.3. The molecule has 1 unspecified atom stereocenters. The van der Waals surface area contributed by atoms with Gasteiger partial charge in [0.05, 0.1) is 0 Å². The number of anilines is 1. The van der Waals surface area contributed by atoms with E-state index in [-0.39, 0.29) is 52.1 Å². The standard InChI is InChI=1S/C18H28NO2Si2.2ClH.Ti/c1-18(2,3)19-16-13(21-22(5,6)7)10-9-12-11-14-17(15(12)16)23(14,8)20-4;;;/h9-11,19H,1-8H3;2*1H;/q-1;;;+3/p-2. The normalized spacial score (nSPS) is 18.2. The van der Waals surface area contributed by atoms with Crippen LogP contribution in [0.1, 0.15) is 20.8 Å². The van der Waals surface area contributed by atoms with Crippen molar-refractivity contribution < 1.29 is 55.4 Å². The molecule has 0 aliphatic carbocycles. The first-order valence-electron chi connectivity index (χ1n) is 8.26. The Kier molecular flexibility index (Phi) is 8.27. The summed E-state index contributed by atoms with van der Waals surface area (Å²) in [5.74, 6) is 0.986. The molecule has 3 rings (SSSR count). The molecule has 1 radical (unpaired) electrons. The molecule has 1 aliphatic heterocycles. The molecule has 1 aliphatic rings. The van der Waals surface area contributed by atoms with Gasteiger partial charge in [-0.2, -0.15) is 0 Å². The predicted octanol–water partition coefficient (Wildman–Crippen LogP) is -2.36. The third-order valence-electron chi connectivity index (χ3n) is 4.27. The molecule has 0 spiro atoms. The number of fused-ring (bicyclic) bond motifs is 3. The molecule has 143 valence electrons. The Morgan fingerprint density at radius 2 is 1.69 bits per heavy atom. The number of benzene rings is 1. The van der Waals surface area contributed by atoms with E-state index in [2.05, 4.69) is 70.5 Å². The minimum absolute atomic E-state index is 0. The maximum absolute atomic E-state index is 6.39. The van der Waals surface area contributed by atoms with Crippen LogP contribution < -0.4 is 44.9 Å². The first kappa shape index (κ1) is 26.1. The molecule has 2 aromatic rings. The summed E-state index contributed by atoms with van der Waals surface area (Å²) in [6.45, 7) is 15.5. The molecule has 26 heavy (non-hydrogen) atoms. The quantitative estimate of drug-likeness (QED) is 0.405. The van der Waals surface area contributed by atoms with E-state index in [9.17, 15) is 0 Å². The predicted molar refractivity (Wildman–Crippen MR) is 105 cm³/mol. The first-order chi connectivity index (χ1) is 10.5. The molecule has 0 aromatic heterocycles. The summed E-state index contributed by atoms with van der Waals surface area (Å²) in [4.78, 5) is 0. The molecular weight excluding hydrogens is 437 g/mol. The smallest absolute Gasteiger partial charge is 1.00 e. The summed E-state index contributed by atoms with van der Waals surface area (Å²) in [6, 6.07) is 6.63. The van der Waals surface area contributed by atoms with Crippen LogP contribution >= 0.6 is 0 Å². The maximum Gasteiger partial charge on any atom is 3.00 e. The van der Waals surface area contributed by atoms with E-state index < -0.39 is 16.6 Å². The van der Waals surface area contributed by atoms with Crippen LogP contribution in [-0.2, 0) is 26.1 Å². The summed E-state index contributed by atoms with van der Waals surface area (Å²) in [5.41, 5.74) is 1.13. The Hall–Kier alpha value is 0.118. The number of hydrogen-bond acceptors (Lipinski definition) is 3. The van der Waals surface area contributed by atoms with E-state index in [0.29, 0.717) is 0 Å². The van der Waals surface area contributed by atoms with Crippen molar-refractivity contribution in [1.29, 1.82) is 0 Å². The molecule has 0 saturated heterocycles. The largest absolute Gasteiger partial charge is 3.00 e. The molecule has 3 nitrogen and oxygen atoms in total. The SMILES string of the molecule is CO[Si]1(C)c2[cH-]c3ccc(O[Si](C)(C)C)c(NC(C)(C)C)c3c21.[Cl-].[Cl-].[Ti+3].